The molecule has 1 saturated heterocycles. The van der Waals surface area contributed by atoms with Gasteiger partial charge in [0.25, 0.3) is 5.56 Å². The highest BCUT2D eigenvalue weighted by Gasteiger charge is 2.31. The smallest absolute Gasteiger partial charge is 0.416 e. The molecule has 0 aliphatic carbocycles. The topological polar surface area (TPSA) is 67.7 Å². The van der Waals surface area contributed by atoms with Gasteiger partial charge in [-0.05, 0) is 61.9 Å². The Morgan fingerprint density at radius 2 is 1.73 bits per heavy atom. The van der Waals surface area contributed by atoms with Crippen molar-refractivity contribution in [3.63, 3.8) is 0 Å². The number of rotatable bonds is 8. The molecule has 1 aromatic heterocycles. The minimum Gasteiger partial charge on any atom is -0.494 e. The monoisotopic (exact) mass is 514 g/mol. The summed E-state index contributed by atoms with van der Waals surface area (Å²) in [6.07, 6.45) is -3.68. The third-order valence-corrected chi connectivity index (χ3v) is 6.26. The van der Waals surface area contributed by atoms with E-state index >= 15 is 0 Å². The predicted octanol–water partition coefficient (Wildman–Crippen LogP) is 4.46. The first kappa shape index (κ1) is 26.2. The van der Waals surface area contributed by atoms with Crippen LogP contribution in [0.3, 0.4) is 0 Å². The number of aryl methyl sites for hydroxylation is 1. The van der Waals surface area contributed by atoms with Gasteiger partial charge in [0.05, 0.1) is 17.9 Å². The van der Waals surface area contributed by atoms with Gasteiger partial charge in [-0.15, -0.1) is 0 Å². The molecule has 0 radical (unpaired) electrons. The molecule has 1 fully saturated rings. The largest absolute Gasteiger partial charge is 0.494 e. The molecule has 3 aromatic rings. The Kier molecular flexibility index (Phi) is 8.15. The molecule has 0 saturated carbocycles. The third-order valence-electron chi connectivity index (χ3n) is 6.26. The van der Waals surface area contributed by atoms with E-state index in [1.54, 1.807) is 17.0 Å². The van der Waals surface area contributed by atoms with E-state index in [2.05, 4.69) is 5.10 Å². The minimum atomic E-state index is -4.39. The van der Waals surface area contributed by atoms with Gasteiger partial charge in [0.15, 0.2) is 0 Å². The van der Waals surface area contributed by atoms with Crippen LogP contribution in [0.4, 0.5) is 18.9 Å². The van der Waals surface area contributed by atoms with E-state index in [9.17, 15) is 22.8 Å². The van der Waals surface area contributed by atoms with E-state index in [-0.39, 0.29) is 17.9 Å². The second-order valence-electron chi connectivity index (χ2n) is 8.76. The minimum absolute atomic E-state index is 0.0422. The zero-order valence-corrected chi connectivity index (χ0v) is 20.6. The molecule has 7 nitrogen and oxygen atoms in total. The quantitative estimate of drug-likeness (QED) is 0.444. The number of hydrogen-bond acceptors (Lipinski definition) is 5. The second kappa shape index (κ2) is 11.5. The maximum atomic E-state index is 13.0. The van der Waals surface area contributed by atoms with Gasteiger partial charge in [-0.1, -0.05) is 6.07 Å². The van der Waals surface area contributed by atoms with Crippen LogP contribution in [-0.2, 0) is 17.5 Å². The standard InChI is InChI=1S/C27H29F3N4O3/c1-2-37-23-10-8-20(9-11-23)24-12-13-26(36)34(31-24)14-4-7-25(35)33-17-15-32(16-18-33)22-6-3-5-21(19-22)27(28,29)30/h3,5-6,8-13,19H,2,4,7,14-18H2,1H3. The highest BCUT2D eigenvalue weighted by Crippen LogP contribution is 2.32. The van der Waals surface area contributed by atoms with Gasteiger partial charge in [-0.25, -0.2) is 4.68 Å². The van der Waals surface area contributed by atoms with Gasteiger partial charge in [0.2, 0.25) is 5.91 Å². The number of amides is 1. The van der Waals surface area contributed by atoms with Crippen LogP contribution < -0.4 is 15.2 Å². The number of anilines is 1. The number of carbonyl (C=O) groups is 1. The molecule has 2 heterocycles. The summed E-state index contributed by atoms with van der Waals surface area (Å²) in [5.74, 6) is 0.716. The Labute approximate surface area is 213 Å². The Bertz CT molecular complexity index is 1270. The zero-order valence-electron chi connectivity index (χ0n) is 20.6. The van der Waals surface area contributed by atoms with Gasteiger partial charge in [-0.3, -0.25) is 9.59 Å². The Morgan fingerprint density at radius 3 is 2.41 bits per heavy atom. The highest BCUT2D eigenvalue weighted by atomic mass is 19.4. The summed E-state index contributed by atoms with van der Waals surface area (Å²) in [6.45, 7) is 4.57. The van der Waals surface area contributed by atoms with Crippen LogP contribution in [0.2, 0.25) is 0 Å². The fourth-order valence-corrected chi connectivity index (χ4v) is 4.28. The number of piperazine rings is 1. The Balaban J connectivity index is 1.29. The average molecular weight is 515 g/mol. The molecular weight excluding hydrogens is 485 g/mol. The summed E-state index contributed by atoms with van der Waals surface area (Å²) in [5.41, 5.74) is 1.09. The number of carbonyl (C=O) groups excluding carboxylic acids is 1. The molecule has 4 rings (SSSR count). The first-order valence-corrected chi connectivity index (χ1v) is 12.3. The van der Waals surface area contributed by atoms with Crippen molar-refractivity contribution in [3.05, 3.63) is 76.6 Å². The lowest BCUT2D eigenvalue weighted by Crippen LogP contribution is -2.48. The van der Waals surface area contributed by atoms with Crippen molar-refractivity contribution in [2.45, 2.75) is 32.5 Å². The number of alkyl halides is 3. The van der Waals surface area contributed by atoms with Crippen LogP contribution in [0.15, 0.2) is 65.5 Å². The number of halogens is 3. The number of aromatic nitrogens is 2. The molecular formula is C27H29F3N4O3. The molecule has 1 aliphatic heterocycles. The Morgan fingerprint density at radius 1 is 1.00 bits per heavy atom. The van der Waals surface area contributed by atoms with Crippen LogP contribution in [0.1, 0.15) is 25.3 Å². The maximum absolute atomic E-state index is 13.0. The molecule has 196 valence electrons. The SMILES string of the molecule is CCOc1ccc(-c2ccc(=O)n(CCCC(=O)N3CCN(c4cccc(C(F)(F)F)c4)CC3)n2)cc1. The van der Waals surface area contributed by atoms with Gasteiger partial charge in [0.1, 0.15) is 5.75 Å². The van der Waals surface area contributed by atoms with Crippen LogP contribution >= 0.6 is 0 Å². The molecule has 0 N–H and O–H groups in total. The predicted molar refractivity (Wildman–Crippen MR) is 135 cm³/mol. The van der Waals surface area contributed by atoms with Crippen LogP contribution in [-0.4, -0.2) is 53.4 Å². The molecule has 2 aromatic carbocycles. The van der Waals surface area contributed by atoms with E-state index in [0.717, 1.165) is 23.4 Å². The molecule has 0 atom stereocenters. The van der Waals surface area contributed by atoms with E-state index in [4.69, 9.17) is 4.74 Å². The van der Waals surface area contributed by atoms with Crippen molar-refractivity contribution < 1.29 is 22.7 Å². The molecule has 37 heavy (non-hydrogen) atoms. The lowest BCUT2D eigenvalue weighted by atomic mass is 10.1. The summed E-state index contributed by atoms with van der Waals surface area (Å²) in [5, 5.41) is 4.45. The van der Waals surface area contributed by atoms with Crippen LogP contribution in [0.25, 0.3) is 11.3 Å². The Hall–Kier alpha value is -3.82. The summed E-state index contributed by atoms with van der Waals surface area (Å²) in [4.78, 5) is 28.6. The van der Waals surface area contributed by atoms with E-state index in [0.29, 0.717) is 57.1 Å². The van der Waals surface area contributed by atoms with Crippen molar-refractivity contribution in [2.24, 2.45) is 0 Å². The number of nitrogens with zero attached hydrogens (tertiary/aromatic N) is 4. The second-order valence-corrected chi connectivity index (χ2v) is 8.76. The summed E-state index contributed by atoms with van der Waals surface area (Å²) >= 11 is 0. The molecule has 0 spiro atoms. The van der Waals surface area contributed by atoms with E-state index < -0.39 is 11.7 Å². The number of benzene rings is 2. The molecule has 0 bridgehead atoms. The molecule has 10 heteroatoms. The van der Waals surface area contributed by atoms with E-state index in [1.165, 1.54) is 16.8 Å². The average Bonchev–Trinajstić information content (AvgIpc) is 2.90. The summed E-state index contributed by atoms with van der Waals surface area (Å²) in [7, 11) is 0. The summed E-state index contributed by atoms with van der Waals surface area (Å²) < 4.78 is 45.9. The fourth-order valence-electron chi connectivity index (χ4n) is 4.28. The first-order chi connectivity index (χ1) is 17.7. The van der Waals surface area contributed by atoms with E-state index in [1.807, 2.05) is 36.1 Å². The lowest BCUT2D eigenvalue weighted by molar-refractivity contribution is -0.137. The zero-order chi connectivity index (χ0) is 26.4. The molecule has 0 unspecified atom stereocenters. The van der Waals surface area contributed by atoms with Crippen molar-refractivity contribution in [1.29, 1.82) is 0 Å². The molecule has 1 amide bonds. The van der Waals surface area contributed by atoms with Gasteiger partial charge < -0.3 is 14.5 Å². The van der Waals surface area contributed by atoms with Gasteiger partial charge in [0, 0.05) is 56.5 Å². The highest BCUT2D eigenvalue weighted by molar-refractivity contribution is 5.76. The number of ether oxygens (including phenoxy) is 1. The number of hydrogen-bond donors (Lipinski definition) is 0. The van der Waals surface area contributed by atoms with Crippen LogP contribution in [0, 0.1) is 0 Å². The van der Waals surface area contributed by atoms with Crippen molar-refractivity contribution in [3.8, 4) is 17.0 Å². The molecule has 1 aliphatic rings. The van der Waals surface area contributed by atoms with Crippen LogP contribution in [0.5, 0.6) is 5.75 Å². The van der Waals surface area contributed by atoms with Crippen molar-refractivity contribution >= 4 is 11.6 Å². The first-order valence-electron chi connectivity index (χ1n) is 12.3. The van der Waals surface area contributed by atoms with Gasteiger partial charge >= 0.3 is 6.18 Å². The summed E-state index contributed by atoms with van der Waals surface area (Å²) in [6, 6.07) is 15.8. The van der Waals surface area contributed by atoms with Crippen molar-refractivity contribution in [1.82, 2.24) is 14.7 Å². The van der Waals surface area contributed by atoms with Crippen molar-refractivity contribution in [2.75, 3.05) is 37.7 Å². The normalized spacial score (nSPS) is 14.1. The third kappa shape index (κ3) is 6.69. The lowest BCUT2D eigenvalue weighted by Gasteiger charge is -2.36. The maximum Gasteiger partial charge on any atom is 0.416 e. The van der Waals surface area contributed by atoms with Gasteiger partial charge in [-0.2, -0.15) is 18.3 Å². The fraction of sp³-hybridized carbons (Fsp3) is 0.370.